The number of carbonyl (C=O) groups is 1. The Morgan fingerprint density at radius 1 is 1.22 bits per heavy atom. The molecular formula is C12H17BrO5. The van der Waals surface area contributed by atoms with Crippen LogP contribution in [0.4, 0.5) is 0 Å². The molecule has 0 unspecified atom stereocenters. The number of ketones is 1. The van der Waals surface area contributed by atoms with E-state index in [1.807, 2.05) is 0 Å². The van der Waals surface area contributed by atoms with Crippen LogP contribution in [-0.4, -0.2) is 48.6 Å². The first-order valence-corrected chi connectivity index (χ1v) is 6.60. The maximum atomic E-state index is 11.6. The van der Waals surface area contributed by atoms with Gasteiger partial charge < -0.3 is 18.9 Å². The Morgan fingerprint density at radius 2 is 1.78 bits per heavy atom. The van der Waals surface area contributed by atoms with E-state index in [1.165, 1.54) is 20.3 Å². The second-order valence-electron chi connectivity index (χ2n) is 4.63. The molecule has 2 rings (SSSR count). The van der Waals surface area contributed by atoms with Crippen LogP contribution in [0.15, 0.2) is 12.2 Å². The summed E-state index contributed by atoms with van der Waals surface area (Å²) in [6, 6.07) is 0. The fraction of sp³-hybridized carbons (Fsp3) is 0.750. The molecule has 0 aromatic heterocycles. The molecule has 2 aliphatic rings. The Bertz CT molecular complexity index is 385. The van der Waals surface area contributed by atoms with Crippen molar-refractivity contribution in [1.82, 2.24) is 0 Å². The van der Waals surface area contributed by atoms with Crippen LogP contribution in [0.2, 0.25) is 0 Å². The van der Waals surface area contributed by atoms with Crippen LogP contribution in [0.3, 0.4) is 0 Å². The zero-order valence-corrected chi connectivity index (χ0v) is 12.4. The predicted octanol–water partition coefficient (Wildman–Crippen LogP) is 1.40. The Kier molecular flexibility index (Phi) is 3.68. The number of hydrogen-bond donors (Lipinski definition) is 0. The second kappa shape index (κ2) is 4.68. The van der Waals surface area contributed by atoms with E-state index in [0.717, 1.165) is 0 Å². The van der Waals surface area contributed by atoms with Crippen LogP contribution >= 0.6 is 15.9 Å². The number of rotatable bonds is 2. The predicted molar refractivity (Wildman–Crippen MR) is 67.4 cm³/mol. The van der Waals surface area contributed by atoms with Crippen LogP contribution in [-0.2, 0) is 23.7 Å². The van der Waals surface area contributed by atoms with Gasteiger partial charge in [-0.15, -0.1) is 0 Å². The van der Waals surface area contributed by atoms with Crippen molar-refractivity contribution in [3.63, 3.8) is 0 Å². The first kappa shape index (κ1) is 14.1. The molecular weight excluding hydrogens is 304 g/mol. The third-order valence-corrected chi connectivity index (χ3v) is 4.63. The van der Waals surface area contributed by atoms with Gasteiger partial charge in [0.05, 0.1) is 0 Å². The smallest absolute Gasteiger partial charge is 0.220 e. The average Bonchev–Trinajstić information content (AvgIpc) is 2.37. The molecule has 1 fully saturated rings. The molecule has 0 amide bonds. The van der Waals surface area contributed by atoms with Crippen molar-refractivity contribution in [3.8, 4) is 0 Å². The molecule has 0 aromatic rings. The summed E-state index contributed by atoms with van der Waals surface area (Å²) in [5, 5.41) is 0. The van der Waals surface area contributed by atoms with Crippen molar-refractivity contribution in [1.29, 1.82) is 0 Å². The standard InChI is InChI=1S/C12H17BrO5/c1-11(15-3)12(2,16-4)18-10-8(17-11)6-5-7(14)9(10)13/h5-6,8-10H,1-4H3/t8-,9-,10+,11+,12+/m1/s1. The van der Waals surface area contributed by atoms with Gasteiger partial charge in [-0.1, -0.05) is 15.9 Å². The normalized spacial score (nSPS) is 48.1. The van der Waals surface area contributed by atoms with E-state index in [-0.39, 0.29) is 11.9 Å². The molecule has 102 valence electrons. The van der Waals surface area contributed by atoms with Crippen molar-refractivity contribution in [2.24, 2.45) is 0 Å². The third kappa shape index (κ3) is 1.96. The van der Waals surface area contributed by atoms with E-state index in [9.17, 15) is 4.79 Å². The minimum Gasteiger partial charge on any atom is -0.349 e. The molecule has 18 heavy (non-hydrogen) atoms. The summed E-state index contributed by atoms with van der Waals surface area (Å²) in [4.78, 5) is 11.2. The van der Waals surface area contributed by atoms with Crippen molar-refractivity contribution in [3.05, 3.63) is 12.2 Å². The lowest BCUT2D eigenvalue weighted by molar-refractivity contribution is -0.441. The van der Waals surface area contributed by atoms with Crippen molar-refractivity contribution >= 4 is 21.7 Å². The lowest BCUT2D eigenvalue weighted by atomic mass is 9.96. The van der Waals surface area contributed by atoms with Gasteiger partial charge in [0.25, 0.3) is 0 Å². The summed E-state index contributed by atoms with van der Waals surface area (Å²) in [5.41, 5.74) is 0. The van der Waals surface area contributed by atoms with Crippen molar-refractivity contribution in [2.75, 3.05) is 14.2 Å². The molecule has 0 radical (unpaired) electrons. The van der Waals surface area contributed by atoms with Crippen LogP contribution in [0.1, 0.15) is 13.8 Å². The van der Waals surface area contributed by atoms with Crippen LogP contribution in [0.25, 0.3) is 0 Å². The van der Waals surface area contributed by atoms with Gasteiger partial charge in [-0.25, -0.2) is 0 Å². The highest BCUT2D eigenvalue weighted by molar-refractivity contribution is 9.10. The first-order chi connectivity index (χ1) is 8.37. The highest BCUT2D eigenvalue weighted by Crippen LogP contribution is 2.42. The summed E-state index contributed by atoms with van der Waals surface area (Å²) < 4.78 is 22.6. The van der Waals surface area contributed by atoms with E-state index in [4.69, 9.17) is 18.9 Å². The van der Waals surface area contributed by atoms with Gasteiger partial charge in [0.2, 0.25) is 11.6 Å². The zero-order valence-electron chi connectivity index (χ0n) is 10.8. The van der Waals surface area contributed by atoms with E-state index >= 15 is 0 Å². The first-order valence-electron chi connectivity index (χ1n) is 5.69. The van der Waals surface area contributed by atoms with Crippen LogP contribution in [0, 0.1) is 0 Å². The number of ether oxygens (including phenoxy) is 4. The molecule has 1 aliphatic carbocycles. The summed E-state index contributed by atoms with van der Waals surface area (Å²) in [7, 11) is 3.05. The highest BCUT2D eigenvalue weighted by atomic mass is 79.9. The molecule has 0 saturated carbocycles. The van der Waals surface area contributed by atoms with Gasteiger partial charge in [-0.05, 0) is 26.0 Å². The Labute approximate surface area is 115 Å². The van der Waals surface area contributed by atoms with Crippen molar-refractivity contribution in [2.45, 2.75) is 42.5 Å². The molecule has 1 saturated heterocycles. The minimum absolute atomic E-state index is 0.0423. The molecule has 1 aliphatic heterocycles. The lowest BCUT2D eigenvalue weighted by Gasteiger charge is -2.52. The second-order valence-corrected chi connectivity index (χ2v) is 5.61. The SMILES string of the molecule is CO[C@@]1(C)O[C@@H]2[C@H](Br)C(=O)C=C[C@H]2O[C@]1(C)OC. The topological polar surface area (TPSA) is 54.0 Å². The summed E-state index contributed by atoms with van der Waals surface area (Å²) in [6.07, 6.45) is 2.41. The van der Waals surface area contributed by atoms with E-state index in [1.54, 1.807) is 19.9 Å². The molecule has 5 nitrogen and oxygen atoms in total. The molecule has 0 N–H and O–H groups in total. The Morgan fingerprint density at radius 3 is 2.33 bits per heavy atom. The Balaban J connectivity index is 2.34. The number of fused-ring (bicyclic) bond motifs is 1. The number of hydrogen-bond acceptors (Lipinski definition) is 5. The van der Waals surface area contributed by atoms with Crippen LogP contribution < -0.4 is 0 Å². The number of methoxy groups -OCH3 is 2. The quantitative estimate of drug-likeness (QED) is 0.720. The highest BCUT2D eigenvalue weighted by Gasteiger charge is 2.58. The number of alkyl halides is 1. The molecule has 0 aromatic carbocycles. The van der Waals surface area contributed by atoms with Gasteiger partial charge >= 0.3 is 0 Å². The lowest BCUT2D eigenvalue weighted by Crippen LogP contribution is -2.67. The third-order valence-electron chi connectivity index (χ3n) is 3.66. The number of carbonyl (C=O) groups excluding carboxylic acids is 1. The van der Waals surface area contributed by atoms with Gasteiger partial charge in [-0.2, -0.15) is 0 Å². The summed E-state index contributed by atoms with van der Waals surface area (Å²) in [5.74, 6) is -2.17. The maximum absolute atomic E-state index is 11.6. The zero-order chi connectivity index (χ0) is 13.6. The summed E-state index contributed by atoms with van der Waals surface area (Å²) >= 11 is 3.33. The fourth-order valence-corrected chi connectivity index (χ4v) is 2.71. The van der Waals surface area contributed by atoms with Gasteiger partial charge in [0.1, 0.15) is 17.0 Å². The number of halogens is 1. The van der Waals surface area contributed by atoms with Gasteiger partial charge in [0.15, 0.2) is 5.78 Å². The van der Waals surface area contributed by atoms with Gasteiger partial charge in [-0.3, -0.25) is 4.79 Å². The van der Waals surface area contributed by atoms with E-state index < -0.39 is 22.5 Å². The fourth-order valence-electron chi connectivity index (χ4n) is 2.15. The molecule has 6 heteroatoms. The summed E-state index contributed by atoms with van der Waals surface area (Å²) in [6.45, 7) is 3.48. The molecule has 0 bridgehead atoms. The van der Waals surface area contributed by atoms with E-state index in [2.05, 4.69) is 15.9 Å². The van der Waals surface area contributed by atoms with Crippen molar-refractivity contribution < 1.29 is 23.7 Å². The molecule has 5 atom stereocenters. The number of allylic oxidation sites excluding steroid dienone is 1. The Hall–Kier alpha value is -0.270. The minimum atomic E-state index is -1.08. The molecule has 1 heterocycles. The van der Waals surface area contributed by atoms with Crippen LogP contribution in [0.5, 0.6) is 0 Å². The maximum Gasteiger partial charge on any atom is 0.220 e. The average molecular weight is 321 g/mol. The van der Waals surface area contributed by atoms with Gasteiger partial charge in [0, 0.05) is 14.2 Å². The largest absolute Gasteiger partial charge is 0.349 e. The molecule has 0 spiro atoms. The monoisotopic (exact) mass is 320 g/mol. The van der Waals surface area contributed by atoms with E-state index in [0.29, 0.717) is 0 Å².